The molecule has 4 aromatic rings. The van der Waals surface area contributed by atoms with Crippen LogP contribution in [0.4, 0.5) is 0 Å². The fourth-order valence-corrected chi connectivity index (χ4v) is 4.10. The summed E-state index contributed by atoms with van der Waals surface area (Å²) in [4.78, 5) is 13.1. The van der Waals surface area contributed by atoms with Gasteiger partial charge in [0.25, 0.3) is 0 Å². The molecule has 0 aliphatic rings. The summed E-state index contributed by atoms with van der Waals surface area (Å²) in [5.41, 5.74) is 2.69. The molecule has 1 aromatic heterocycles. The van der Waals surface area contributed by atoms with E-state index in [-0.39, 0.29) is 12.3 Å². The third-order valence-corrected chi connectivity index (χ3v) is 5.88. The molecule has 6 heteroatoms. The zero-order chi connectivity index (χ0) is 24.1. The van der Waals surface area contributed by atoms with Gasteiger partial charge in [-0.1, -0.05) is 36.4 Å². The lowest BCUT2D eigenvalue weighted by Gasteiger charge is -2.13. The monoisotopic (exact) mass is 458 g/mol. The molecule has 0 saturated carbocycles. The van der Waals surface area contributed by atoms with Gasteiger partial charge in [-0.05, 0) is 35.2 Å². The van der Waals surface area contributed by atoms with E-state index in [9.17, 15) is 4.79 Å². The number of ether oxygens (including phenoxy) is 4. The van der Waals surface area contributed by atoms with Crippen LogP contribution in [-0.4, -0.2) is 34.2 Å². The van der Waals surface area contributed by atoms with Crippen LogP contribution < -0.4 is 23.5 Å². The van der Waals surface area contributed by atoms with Crippen molar-refractivity contribution in [3.05, 3.63) is 89.7 Å². The molecule has 4 rings (SSSR count). The number of ketones is 1. The molecule has 3 aromatic carbocycles. The van der Waals surface area contributed by atoms with Crippen LogP contribution in [-0.2, 0) is 13.0 Å². The van der Waals surface area contributed by atoms with Gasteiger partial charge in [-0.2, -0.15) is 4.57 Å². The minimum Gasteiger partial charge on any atom is -0.493 e. The highest BCUT2D eigenvalue weighted by Crippen LogP contribution is 2.34. The maximum atomic E-state index is 13.1. The Labute approximate surface area is 199 Å². The quantitative estimate of drug-likeness (QED) is 0.270. The second-order valence-electron chi connectivity index (χ2n) is 7.84. The number of fused-ring (bicyclic) bond motifs is 1. The average Bonchev–Trinajstić information content (AvgIpc) is 2.89. The van der Waals surface area contributed by atoms with Crippen LogP contribution in [0.3, 0.4) is 0 Å². The maximum absolute atomic E-state index is 13.1. The number of aromatic nitrogens is 1. The van der Waals surface area contributed by atoms with Gasteiger partial charge < -0.3 is 18.9 Å². The number of methoxy groups -OCH3 is 4. The van der Waals surface area contributed by atoms with E-state index in [0.29, 0.717) is 35.0 Å². The first-order valence-corrected chi connectivity index (χ1v) is 10.9. The molecule has 0 spiro atoms. The Morgan fingerprint density at radius 3 is 2.06 bits per heavy atom. The van der Waals surface area contributed by atoms with Gasteiger partial charge in [0.05, 0.1) is 40.2 Å². The molecule has 0 radical (unpaired) electrons. The van der Waals surface area contributed by atoms with Crippen molar-refractivity contribution in [3.63, 3.8) is 0 Å². The lowest BCUT2D eigenvalue weighted by Crippen LogP contribution is -2.42. The van der Waals surface area contributed by atoms with Crippen molar-refractivity contribution in [1.29, 1.82) is 0 Å². The van der Waals surface area contributed by atoms with Gasteiger partial charge in [-0.3, -0.25) is 4.79 Å². The zero-order valence-corrected chi connectivity index (χ0v) is 19.8. The molecular formula is C28H28NO5+. The first-order valence-electron chi connectivity index (χ1n) is 10.9. The fraction of sp³-hybridized carbons (Fsp3) is 0.214. The number of Topliss-reactive ketones (excluding diaryl/α,β-unsaturated/α-hetero) is 1. The molecule has 0 saturated heterocycles. The highest BCUT2D eigenvalue weighted by Gasteiger charge is 2.22. The number of rotatable bonds is 9. The number of benzene rings is 3. The van der Waals surface area contributed by atoms with Crippen LogP contribution in [0.1, 0.15) is 21.6 Å². The number of carbonyl (C=O) groups is 1. The predicted octanol–water partition coefficient (Wildman–Crippen LogP) is 4.64. The number of nitrogens with zero attached hydrogens (tertiary/aromatic N) is 1. The highest BCUT2D eigenvalue weighted by atomic mass is 16.5. The molecular weight excluding hydrogens is 430 g/mol. The molecule has 1 heterocycles. The molecule has 34 heavy (non-hydrogen) atoms. The zero-order valence-electron chi connectivity index (χ0n) is 19.8. The van der Waals surface area contributed by atoms with Crippen LogP contribution in [0, 0.1) is 0 Å². The Kier molecular flexibility index (Phi) is 6.97. The standard InChI is InChI=1S/C28H28NO5/c1-31-25-11-10-19(15-26(25)32-2)14-23-22-17-28(34-4)27(33-3)16-21(22)12-13-29(23)18-24(30)20-8-6-5-7-9-20/h5-13,15-17H,14,18H2,1-4H3/q+1. The fourth-order valence-electron chi connectivity index (χ4n) is 4.10. The third-order valence-electron chi connectivity index (χ3n) is 5.88. The third kappa shape index (κ3) is 4.66. The van der Waals surface area contributed by atoms with Crippen LogP contribution in [0.5, 0.6) is 23.0 Å². The average molecular weight is 459 g/mol. The van der Waals surface area contributed by atoms with E-state index in [0.717, 1.165) is 22.0 Å². The van der Waals surface area contributed by atoms with Crippen molar-refractivity contribution in [1.82, 2.24) is 0 Å². The molecule has 0 amide bonds. The normalized spacial score (nSPS) is 10.7. The van der Waals surface area contributed by atoms with Crippen molar-refractivity contribution in [2.45, 2.75) is 13.0 Å². The molecule has 0 aliphatic carbocycles. The van der Waals surface area contributed by atoms with Gasteiger partial charge in [0.2, 0.25) is 12.3 Å². The first kappa shape index (κ1) is 23.1. The van der Waals surface area contributed by atoms with E-state index in [1.165, 1.54) is 0 Å². The van der Waals surface area contributed by atoms with E-state index in [2.05, 4.69) is 0 Å². The molecule has 6 nitrogen and oxygen atoms in total. The molecule has 0 unspecified atom stereocenters. The van der Waals surface area contributed by atoms with E-state index in [4.69, 9.17) is 18.9 Å². The summed E-state index contributed by atoms with van der Waals surface area (Å²) >= 11 is 0. The van der Waals surface area contributed by atoms with E-state index < -0.39 is 0 Å². The van der Waals surface area contributed by atoms with Crippen molar-refractivity contribution >= 4 is 16.6 Å². The van der Waals surface area contributed by atoms with Crippen LogP contribution in [0.25, 0.3) is 10.8 Å². The summed E-state index contributed by atoms with van der Waals surface area (Å²) in [6.45, 7) is 0.219. The molecule has 174 valence electrons. The molecule has 0 N–H and O–H groups in total. The van der Waals surface area contributed by atoms with E-state index in [1.807, 2.05) is 77.5 Å². The van der Waals surface area contributed by atoms with Crippen molar-refractivity contribution in [2.24, 2.45) is 0 Å². The number of hydrogen-bond donors (Lipinski definition) is 0. The maximum Gasteiger partial charge on any atom is 0.227 e. The minimum absolute atomic E-state index is 0.0407. The van der Waals surface area contributed by atoms with Gasteiger partial charge >= 0.3 is 0 Å². The largest absolute Gasteiger partial charge is 0.493 e. The van der Waals surface area contributed by atoms with Gasteiger partial charge in [-0.15, -0.1) is 0 Å². The highest BCUT2D eigenvalue weighted by molar-refractivity contribution is 5.95. The van der Waals surface area contributed by atoms with Gasteiger partial charge in [-0.25, -0.2) is 0 Å². The topological polar surface area (TPSA) is 57.9 Å². The summed E-state index contributed by atoms with van der Waals surface area (Å²) in [7, 11) is 6.48. The van der Waals surface area contributed by atoms with Crippen LogP contribution in [0.15, 0.2) is 72.9 Å². The summed E-state index contributed by atoms with van der Waals surface area (Å²) in [6.07, 6.45) is 2.53. The number of carbonyl (C=O) groups excluding carboxylic acids is 1. The Bertz CT molecular complexity index is 1320. The lowest BCUT2D eigenvalue weighted by molar-refractivity contribution is -0.688. The Balaban J connectivity index is 1.84. The molecule has 0 bridgehead atoms. The van der Waals surface area contributed by atoms with Gasteiger partial charge in [0, 0.05) is 11.6 Å². The Morgan fingerprint density at radius 1 is 0.735 bits per heavy atom. The first-order chi connectivity index (χ1) is 16.6. The molecule has 0 atom stereocenters. The summed E-state index contributed by atoms with van der Waals surface area (Å²) < 4.78 is 24.0. The van der Waals surface area contributed by atoms with Crippen LogP contribution in [0.2, 0.25) is 0 Å². The van der Waals surface area contributed by atoms with Crippen molar-refractivity contribution < 1.29 is 28.3 Å². The SMILES string of the molecule is COc1ccc(Cc2c3cc(OC)c(OC)cc3cc[n+]2CC(=O)c2ccccc2)cc1OC. The predicted molar refractivity (Wildman–Crippen MR) is 130 cm³/mol. The van der Waals surface area contributed by atoms with Gasteiger partial charge in [0.15, 0.2) is 34.9 Å². The van der Waals surface area contributed by atoms with Crippen molar-refractivity contribution in [3.8, 4) is 23.0 Å². The Hall–Kier alpha value is -4.06. The number of pyridine rings is 1. The minimum atomic E-state index is 0.0407. The van der Waals surface area contributed by atoms with Crippen LogP contribution >= 0.6 is 0 Å². The lowest BCUT2D eigenvalue weighted by atomic mass is 10.0. The summed E-state index contributed by atoms with van der Waals surface area (Å²) in [6, 6.07) is 21.1. The molecule has 0 fully saturated rings. The Morgan fingerprint density at radius 2 is 1.38 bits per heavy atom. The second-order valence-corrected chi connectivity index (χ2v) is 7.84. The van der Waals surface area contributed by atoms with E-state index >= 15 is 0 Å². The second kappa shape index (κ2) is 10.3. The van der Waals surface area contributed by atoms with E-state index in [1.54, 1.807) is 28.4 Å². The summed E-state index contributed by atoms with van der Waals surface area (Å²) in [5.74, 6) is 2.66. The van der Waals surface area contributed by atoms with Gasteiger partial charge in [0.1, 0.15) is 0 Å². The number of hydrogen-bond acceptors (Lipinski definition) is 5. The summed E-state index contributed by atoms with van der Waals surface area (Å²) in [5, 5.41) is 1.98. The molecule has 0 aliphatic heterocycles. The van der Waals surface area contributed by atoms with Crippen molar-refractivity contribution in [2.75, 3.05) is 28.4 Å². The smallest absolute Gasteiger partial charge is 0.227 e.